The Morgan fingerprint density at radius 3 is 1.10 bits per heavy atom. The maximum absolute atomic E-state index is 9.67. The number of thiocarbonyl (C=S) groups is 2. The van der Waals surface area contributed by atoms with Gasteiger partial charge in [0.15, 0.2) is 0 Å². The zero-order valence-corrected chi connectivity index (χ0v) is 20.1. The van der Waals surface area contributed by atoms with E-state index in [1.807, 2.05) is 4.90 Å². The molecule has 0 aromatic heterocycles. The minimum atomic E-state index is -0.500. The fourth-order valence-electron chi connectivity index (χ4n) is 3.18. The van der Waals surface area contributed by atoms with Crippen LogP contribution >= 0.6 is 24.4 Å². The van der Waals surface area contributed by atoms with E-state index >= 15 is 0 Å². The molecule has 0 spiro atoms. The van der Waals surface area contributed by atoms with Crippen molar-refractivity contribution in [2.75, 3.05) is 13.1 Å². The van der Waals surface area contributed by atoms with Crippen molar-refractivity contribution >= 4 is 64.3 Å². The molecule has 170 valence electrons. The number of aliphatic hydroxyl groups is 2. The third-order valence-electron chi connectivity index (χ3n) is 4.83. The van der Waals surface area contributed by atoms with Gasteiger partial charge in [-0.05, 0) is 37.3 Å². The van der Waals surface area contributed by atoms with E-state index in [4.69, 9.17) is 17.3 Å². The molecule has 0 rings (SSSR count). The minimum absolute atomic E-state index is 0. The maximum atomic E-state index is 9.67. The molecular weight excluding hydrogens is 411 g/mol. The third-order valence-corrected chi connectivity index (χ3v) is 5.09. The topological polar surface area (TPSA) is 69.7 Å². The van der Waals surface area contributed by atoms with Crippen molar-refractivity contribution in [3.63, 3.8) is 0 Å². The number of nitrogens with two attached hydrogens (primary N) is 1. The monoisotopic (exact) mass is 458 g/mol. The molecule has 0 aromatic carbocycles. The molecule has 0 aliphatic heterocycles. The quantitative estimate of drug-likeness (QED) is 0.123. The summed E-state index contributed by atoms with van der Waals surface area (Å²) in [7, 11) is 0. The average molecular weight is 459 g/mol. The Morgan fingerprint density at radius 2 is 0.862 bits per heavy atom. The van der Waals surface area contributed by atoms with Crippen molar-refractivity contribution in [1.29, 1.82) is 0 Å². The van der Waals surface area contributed by atoms with Gasteiger partial charge in [-0.25, -0.2) is 0 Å². The number of rotatable bonds is 18. The second-order valence-electron chi connectivity index (χ2n) is 7.56. The van der Waals surface area contributed by atoms with Crippen LogP contribution in [-0.4, -0.2) is 68.1 Å². The molecule has 0 fully saturated rings. The molecule has 0 aliphatic rings. The number of hydrogen-bond donors (Lipinski definition) is 3. The van der Waals surface area contributed by atoms with Crippen LogP contribution in [0.25, 0.3) is 0 Å². The predicted octanol–water partition coefficient (Wildman–Crippen LogP) is 6.55. The van der Waals surface area contributed by atoms with E-state index < -0.39 is 5.17 Å². The Labute approximate surface area is 213 Å². The molecule has 7 heteroatoms. The van der Waals surface area contributed by atoms with Crippen LogP contribution in [0.15, 0.2) is 0 Å². The first-order chi connectivity index (χ1) is 13.5. The Balaban J connectivity index is -0.00000123. The Morgan fingerprint density at radius 1 is 0.621 bits per heavy atom. The molecule has 0 radical (unpaired) electrons. The summed E-state index contributed by atoms with van der Waals surface area (Å²) in [6.45, 7) is 6.39. The van der Waals surface area contributed by atoms with Crippen LogP contribution in [0.5, 0.6) is 0 Å². The van der Waals surface area contributed by atoms with E-state index in [2.05, 4.69) is 31.8 Å². The first-order valence-corrected chi connectivity index (χ1v) is 12.2. The number of nitrogens with zero attached hydrogens (tertiary/aromatic N) is 1. The summed E-state index contributed by atoms with van der Waals surface area (Å²) < 4.78 is 0. The van der Waals surface area contributed by atoms with Gasteiger partial charge in [-0.1, -0.05) is 104 Å². The summed E-state index contributed by atoms with van der Waals surface area (Å²) >= 11 is 8.87. The Kier molecular flexibility index (Phi) is 33.3. The second kappa shape index (κ2) is 28.4. The molecular formula is C22H47N2NaO2S2. The van der Waals surface area contributed by atoms with Gasteiger partial charge in [0.25, 0.3) is 10.3 Å². The van der Waals surface area contributed by atoms with Gasteiger partial charge in [-0.15, -0.1) is 0 Å². The third kappa shape index (κ3) is 33.2. The molecule has 0 amide bonds. The zero-order valence-electron chi connectivity index (χ0n) is 18.5. The Hall–Kier alpha value is 0.380. The summed E-state index contributed by atoms with van der Waals surface area (Å²) in [5, 5.41) is 16.8. The van der Waals surface area contributed by atoms with Crippen LogP contribution in [0.4, 0.5) is 0 Å². The van der Waals surface area contributed by atoms with Gasteiger partial charge < -0.3 is 20.8 Å². The van der Waals surface area contributed by atoms with Gasteiger partial charge in [0.2, 0.25) is 0 Å². The zero-order chi connectivity index (χ0) is 21.5. The molecule has 4 nitrogen and oxygen atoms in total. The van der Waals surface area contributed by atoms with Crippen LogP contribution < -0.4 is 5.73 Å². The van der Waals surface area contributed by atoms with Crippen LogP contribution in [-0.2, 0) is 0 Å². The van der Waals surface area contributed by atoms with Crippen molar-refractivity contribution in [2.45, 2.75) is 117 Å². The van der Waals surface area contributed by atoms with Crippen LogP contribution in [0.3, 0.4) is 0 Å². The number of unbranched alkanes of at least 4 members (excludes halogenated alkanes) is 14. The fourth-order valence-corrected chi connectivity index (χ4v) is 3.36. The molecule has 29 heavy (non-hydrogen) atoms. The molecule has 0 heterocycles. The SMILES string of the molecule is CCCCCCCCCCN(CCCCCCCCCC)C(O)=S.NC(O)=S.[NaH]. The normalized spacial score (nSPS) is 9.86. The van der Waals surface area contributed by atoms with E-state index in [-0.39, 0.29) is 34.7 Å². The van der Waals surface area contributed by atoms with Crippen LogP contribution in [0, 0.1) is 0 Å². The number of aliphatic hydroxyl groups excluding tert-OH is 2. The first kappa shape index (κ1) is 34.0. The van der Waals surface area contributed by atoms with Crippen LogP contribution in [0.1, 0.15) is 117 Å². The first-order valence-electron chi connectivity index (χ1n) is 11.4. The second-order valence-corrected chi connectivity index (χ2v) is 8.34. The average Bonchev–Trinajstić information content (AvgIpc) is 2.63. The van der Waals surface area contributed by atoms with E-state index in [1.165, 1.54) is 89.9 Å². The predicted molar refractivity (Wildman–Crippen MR) is 139 cm³/mol. The standard InChI is InChI=1S/C21H43NOS.CH3NOS.Na.H/c1-3-5-7-9-11-13-15-17-19-22(21(23)24)20-18-16-14-12-10-8-6-4-2;2-1(3)4;;/h3-20H2,1-2H3,(H,23,24);(H3,2,3,4);;. The van der Waals surface area contributed by atoms with Crippen molar-refractivity contribution in [2.24, 2.45) is 5.73 Å². The Bertz CT molecular complexity index is 338. The molecule has 0 aromatic rings. The van der Waals surface area contributed by atoms with Gasteiger partial charge in [-0.2, -0.15) is 0 Å². The summed E-state index contributed by atoms with van der Waals surface area (Å²) in [4.78, 5) is 2.00. The van der Waals surface area contributed by atoms with Gasteiger partial charge in [0.05, 0.1) is 0 Å². The molecule has 0 atom stereocenters. The van der Waals surface area contributed by atoms with Crippen molar-refractivity contribution in [3.8, 4) is 0 Å². The summed E-state index contributed by atoms with van der Waals surface area (Å²) in [5.74, 6) is 0. The summed E-state index contributed by atoms with van der Waals surface area (Å²) in [5.41, 5.74) is 4.40. The summed E-state index contributed by atoms with van der Waals surface area (Å²) in [6, 6.07) is 0. The van der Waals surface area contributed by atoms with E-state index in [9.17, 15) is 5.11 Å². The molecule has 0 saturated carbocycles. The summed E-state index contributed by atoms with van der Waals surface area (Å²) in [6.07, 6.45) is 21.2. The molecule has 0 saturated heterocycles. The molecule has 0 unspecified atom stereocenters. The van der Waals surface area contributed by atoms with Gasteiger partial charge >= 0.3 is 29.6 Å². The van der Waals surface area contributed by atoms with Crippen molar-refractivity contribution < 1.29 is 10.2 Å². The van der Waals surface area contributed by atoms with Crippen molar-refractivity contribution in [1.82, 2.24) is 4.90 Å². The van der Waals surface area contributed by atoms with E-state index in [1.54, 1.807) is 0 Å². The van der Waals surface area contributed by atoms with Gasteiger partial charge in [0, 0.05) is 13.1 Å². The van der Waals surface area contributed by atoms with Crippen molar-refractivity contribution in [3.05, 3.63) is 0 Å². The number of hydrogen-bond acceptors (Lipinski definition) is 2. The van der Waals surface area contributed by atoms with Gasteiger partial charge in [0.1, 0.15) is 0 Å². The molecule has 0 bridgehead atoms. The molecule has 0 aliphatic carbocycles. The van der Waals surface area contributed by atoms with Crippen LogP contribution in [0.2, 0.25) is 0 Å². The fraction of sp³-hybridized carbons (Fsp3) is 0.909. The van der Waals surface area contributed by atoms with E-state index in [0.717, 1.165) is 25.9 Å². The van der Waals surface area contributed by atoms with Gasteiger partial charge in [-0.3, -0.25) is 0 Å². The van der Waals surface area contributed by atoms with E-state index in [0.29, 0.717) is 0 Å². The molecule has 4 N–H and O–H groups in total.